The van der Waals surface area contributed by atoms with Gasteiger partial charge in [0.25, 0.3) is 0 Å². The molecule has 1 fully saturated rings. The molecule has 0 saturated carbocycles. The van der Waals surface area contributed by atoms with E-state index in [9.17, 15) is 4.79 Å². The standard InChI is InChI=1S/C14H20BrNO3/c1-3-18-13(17)10-14(2,16-8-4-5-9-16)11-6-7-12(15)19-11/h6-7H,3-5,8-10H2,1-2H3. The smallest absolute Gasteiger partial charge is 0.308 e. The number of ether oxygens (including phenoxy) is 1. The summed E-state index contributed by atoms with van der Waals surface area (Å²) in [4.78, 5) is 14.2. The summed E-state index contributed by atoms with van der Waals surface area (Å²) in [6, 6.07) is 3.80. The van der Waals surface area contributed by atoms with E-state index in [1.54, 1.807) is 0 Å². The Kier molecular flexibility index (Phi) is 4.68. The molecule has 0 amide bonds. The van der Waals surface area contributed by atoms with Crippen LogP contribution in [-0.2, 0) is 15.1 Å². The summed E-state index contributed by atoms with van der Waals surface area (Å²) in [5.74, 6) is 0.638. The van der Waals surface area contributed by atoms with Crippen molar-refractivity contribution in [2.75, 3.05) is 19.7 Å². The molecule has 2 heterocycles. The van der Waals surface area contributed by atoms with Gasteiger partial charge in [-0.15, -0.1) is 0 Å². The molecule has 2 rings (SSSR count). The van der Waals surface area contributed by atoms with Gasteiger partial charge in [-0.25, -0.2) is 0 Å². The lowest BCUT2D eigenvalue weighted by Gasteiger charge is -2.36. The van der Waals surface area contributed by atoms with Gasteiger partial charge in [0, 0.05) is 0 Å². The minimum atomic E-state index is -0.422. The molecule has 1 aromatic heterocycles. The Morgan fingerprint density at radius 1 is 1.47 bits per heavy atom. The third kappa shape index (κ3) is 3.20. The third-order valence-corrected chi connectivity index (χ3v) is 4.13. The van der Waals surface area contributed by atoms with Gasteiger partial charge in [-0.05, 0) is 67.8 Å². The molecule has 1 aromatic rings. The zero-order valence-corrected chi connectivity index (χ0v) is 13.0. The maximum atomic E-state index is 11.9. The van der Waals surface area contributed by atoms with E-state index in [0.717, 1.165) is 18.8 Å². The molecule has 1 saturated heterocycles. The topological polar surface area (TPSA) is 42.7 Å². The van der Waals surface area contributed by atoms with Crippen LogP contribution in [0.15, 0.2) is 21.2 Å². The van der Waals surface area contributed by atoms with Crippen LogP contribution >= 0.6 is 15.9 Å². The highest BCUT2D eigenvalue weighted by molar-refractivity contribution is 9.10. The molecular formula is C14H20BrNO3. The molecule has 19 heavy (non-hydrogen) atoms. The number of rotatable bonds is 5. The summed E-state index contributed by atoms with van der Waals surface area (Å²) in [6.07, 6.45) is 2.65. The zero-order valence-electron chi connectivity index (χ0n) is 11.4. The molecular weight excluding hydrogens is 310 g/mol. The Balaban J connectivity index is 2.24. The number of hydrogen-bond acceptors (Lipinski definition) is 4. The highest BCUT2D eigenvalue weighted by Gasteiger charge is 2.40. The van der Waals surface area contributed by atoms with Gasteiger partial charge in [0.05, 0.1) is 18.6 Å². The highest BCUT2D eigenvalue weighted by atomic mass is 79.9. The Morgan fingerprint density at radius 3 is 2.68 bits per heavy atom. The molecule has 0 radical (unpaired) electrons. The average molecular weight is 330 g/mol. The van der Waals surface area contributed by atoms with Gasteiger partial charge in [0.1, 0.15) is 5.76 Å². The number of carbonyl (C=O) groups is 1. The van der Waals surface area contributed by atoms with Gasteiger partial charge in [-0.3, -0.25) is 9.69 Å². The second-order valence-corrected chi connectivity index (χ2v) is 5.84. The SMILES string of the molecule is CCOC(=O)CC(C)(c1ccc(Br)o1)N1CCCC1. The van der Waals surface area contributed by atoms with E-state index in [1.165, 1.54) is 12.8 Å². The maximum absolute atomic E-state index is 11.9. The highest BCUT2D eigenvalue weighted by Crippen LogP contribution is 2.36. The number of carbonyl (C=O) groups excluding carboxylic acids is 1. The van der Waals surface area contributed by atoms with Crippen molar-refractivity contribution in [1.82, 2.24) is 4.90 Å². The van der Waals surface area contributed by atoms with Gasteiger partial charge < -0.3 is 9.15 Å². The normalized spacial score (nSPS) is 19.3. The van der Waals surface area contributed by atoms with Crippen molar-refractivity contribution in [2.45, 2.75) is 38.6 Å². The van der Waals surface area contributed by atoms with Gasteiger partial charge in [-0.2, -0.15) is 0 Å². The first-order valence-corrected chi connectivity index (χ1v) is 7.52. The van der Waals surface area contributed by atoms with Crippen LogP contribution in [0.3, 0.4) is 0 Å². The predicted molar refractivity (Wildman–Crippen MR) is 75.8 cm³/mol. The maximum Gasteiger partial charge on any atom is 0.308 e. The predicted octanol–water partition coefficient (Wildman–Crippen LogP) is 3.31. The number of likely N-dealkylation sites (tertiary alicyclic amines) is 1. The van der Waals surface area contributed by atoms with Crippen LogP contribution in [0.5, 0.6) is 0 Å². The Bertz CT molecular complexity index is 440. The van der Waals surface area contributed by atoms with E-state index in [2.05, 4.69) is 27.8 Å². The van der Waals surface area contributed by atoms with Gasteiger partial charge >= 0.3 is 5.97 Å². The largest absolute Gasteiger partial charge is 0.466 e. The fourth-order valence-electron chi connectivity index (χ4n) is 2.66. The average Bonchev–Trinajstić information content (AvgIpc) is 2.99. The Labute approximate surface area is 122 Å². The van der Waals surface area contributed by atoms with Crippen molar-refractivity contribution in [1.29, 1.82) is 0 Å². The summed E-state index contributed by atoms with van der Waals surface area (Å²) in [6.45, 7) is 6.29. The number of esters is 1. The van der Waals surface area contributed by atoms with Gasteiger partial charge in [0.15, 0.2) is 4.67 Å². The first kappa shape index (κ1) is 14.6. The molecule has 1 atom stereocenters. The van der Waals surface area contributed by atoms with E-state index >= 15 is 0 Å². The van der Waals surface area contributed by atoms with E-state index in [1.807, 2.05) is 19.1 Å². The van der Waals surface area contributed by atoms with Gasteiger partial charge in [0.2, 0.25) is 0 Å². The van der Waals surface area contributed by atoms with Crippen LogP contribution < -0.4 is 0 Å². The first-order valence-electron chi connectivity index (χ1n) is 6.73. The lowest BCUT2D eigenvalue weighted by Crippen LogP contribution is -2.43. The van der Waals surface area contributed by atoms with Crippen LogP contribution in [0.25, 0.3) is 0 Å². The Hall–Kier alpha value is -0.810. The zero-order chi connectivity index (χ0) is 13.9. The van der Waals surface area contributed by atoms with Crippen LogP contribution in [0.1, 0.15) is 38.9 Å². The molecule has 5 heteroatoms. The quantitative estimate of drug-likeness (QED) is 0.777. The second kappa shape index (κ2) is 6.09. The number of furan rings is 1. The summed E-state index contributed by atoms with van der Waals surface area (Å²) in [5, 5.41) is 0. The molecule has 0 aromatic carbocycles. The van der Waals surface area contributed by atoms with Crippen molar-refractivity contribution >= 4 is 21.9 Å². The minimum absolute atomic E-state index is 0.176. The first-order chi connectivity index (χ1) is 9.06. The molecule has 106 valence electrons. The number of halogens is 1. The van der Waals surface area contributed by atoms with E-state index in [-0.39, 0.29) is 5.97 Å². The van der Waals surface area contributed by atoms with Crippen molar-refractivity contribution in [3.8, 4) is 0 Å². The van der Waals surface area contributed by atoms with Crippen LogP contribution in [0.2, 0.25) is 0 Å². The van der Waals surface area contributed by atoms with E-state index in [0.29, 0.717) is 17.7 Å². The number of hydrogen-bond donors (Lipinski definition) is 0. The second-order valence-electron chi connectivity index (χ2n) is 5.05. The van der Waals surface area contributed by atoms with E-state index < -0.39 is 5.54 Å². The van der Waals surface area contributed by atoms with Crippen molar-refractivity contribution < 1.29 is 13.9 Å². The Morgan fingerprint density at radius 2 is 2.16 bits per heavy atom. The lowest BCUT2D eigenvalue weighted by atomic mass is 9.92. The molecule has 0 aliphatic carbocycles. The lowest BCUT2D eigenvalue weighted by molar-refractivity contribution is -0.146. The fourth-order valence-corrected chi connectivity index (χ4v) is 2.97. The number of nitrogens with zero attached hydrogens (tertiary/aromatic N) is 1. The van der Waals surface area contributed by atoms with Crippen molar-refractivity contribution in [3.63, 3.8) is 0 Å². The molecule has 1 aliphatic rings. The molecule has 0 bridgehead atoms. The van der Waals surface area contributed by atoms with E-state index in [4.69, 9.17) is 9.15 Å². The monoisotopic (exact) mass is 329 g/mol. The minimum Gasteiger partial charge on any atom is -0.466 e. The molecule has 1 aliphatic heterocycles. The summed E-state index contributed by atoms with van der Waals surface area (Å²) < 4.78 is 11.5. The summed E-state index contributed by atoms with van der Waals surface area (Å²) in [7, 11) is 0. The van der Waals surface area contributed by atoms with Crippen molar-refractivity contribution in [2.24, 2.45) is 0 Å². The van der Waals surface area contributed by atoms with Crippen LogP contribution in [0.4, 0.5) is 0 Å². The van der Waals surface area contributed by atoms with Gasteiger partial charge in [-0.1, -0.05) is 0 Å². The third-order valence-electron chi connectivity index (χ3n) is 3.70. The van der Waals surface area contributed by atoms with Crippen molar-refractivity contribution in [3.05, 3.63) is 22.6 Å². The van der Waals surface area contributed by atoms with Crippen LogP contribution in [0, 0.1) is 0 Å². The molecule has 0 N–H and O–H groups in total. The summed E-state index contributed by atoms with van der Waals surface area (Å²) in [5.41, 5.74) is -0.422. The summed E-state index contributed by atoms with van der Waals surface area (Å²) >= 11 is 3.33. The van der Waals surface area contributed by atoms with Crippen LogP contribution in [-0.4, -0.2) is 30.6 Å². The molecule has 0 spiro atoms. The molecule has 4 nitrogen and oxygen atoms in total. The molecule has 1 unspecified atom stereocenters. The fraction of sp³-hybridized carbons (Fsp3) is 0.643.